The molecule has 3 rings (SSSR count). The molecule has 0 amide bonds. The van der Waals surface area contributed by atoms with Gasteiger partial charge in [0.2, 0.25) is 5.67 Å². The number of ether oxygens (including phenoxy) is 1. The Kier molecular flexibility index (Phi) is 4.55. The molecule has 4 nitrogen and oxygen atoms in total. The van der Waals surface area contributed by atoms with Gasteiger partial charge in [0.15, 0.2) is 0 Å². The van der Waals surface area contributed by atoms with E-state index in [-0.39, 0.29) is 11.0 Å². The van der Waals surface area contributed by atoms with E-state index in [1.54, 1.807) is 0 Å². The lowest BCUT2D eigenvalue weighted by Crippen LogP contribution is -2.62. The fraction of sp³-hybridized carbons (Fsp3) is 0.222. The minimum absolute atomic E-state index is 0.0697. The fourth-order valence-electron chi connectivity index (χ4n) is 3.28. The molecule has 0 saturated carbocycles. The van der Waals surface area contributed by atoms with Crippen LogP contribution in [-0.4, -0.2) is 31.9 Å². The zero-order valence-electron chi connectivity index (χ0n) is 14.2. The summed E-state index contributed by atoms with van der Waals surface area (Å²) in [5.41, 5.74) is -9.92. The summed E-state index contributed by atoms with van der Waals surface area (Å²) >= 11 is 0. The number of methoxy groups -OCH3 is 1. The molecule has 2 atom stereocenters. The van der Waals surface area contributed by atoms with Gasteiger partial charge in [-0.25, -0.2) is 8.78 Å². The second kappa shape index (κ2) is 6.28. The molecule has 0 bridgehead atoms. The Bertz CT molecular complexity index is 1160. The lowest BCUT2D eigenvalue weighted by atomic mass is 9.75. The Balaban J connectivity index is 2.57. The van der Waals surface area contributed by atoms with E-state index in [0.717, 1.165) is 36.4 Å². The zero-order valence-corrected chi connectivity index (χ0v) is 15.0. The number of halogens is 5. The van der Waals surface area contributed by atoms with Crippen LogP contribution in [0.15, 0.2) is 48.5 Å². The second-order valence-corrected chi connectivity index (χ2v) is 7.49. The van der Waals surface area contributed by atoms with E-state index in [4.69, 9.17) is 4.74 Å². The molecular formula is C18H13F5O4S. The van der Waals surface area contributed by atoms with Crippen molar-refractivity contribution in [2.75, 3.05) is 7.11 Å². The normalized spacial score (nSPS) is 25.0. The topological polar surface area (TPSA) is 63.6 Å². The van der Waals surface area contributed by atoms with Crippen molar-refractivity contribution in [3.63, 3.8) is 0 Å². The molecule has 2 aromatic rings. The minimum Gasteiger partial charge on any atom is -0.497 e. The molecule has 0 aromatic heterocycles. The van der Waals surface area contributed by atoms with Crippen LogP contribution in [0.25, 0.3) is 11.0 Å². The van der Waals surface area contributed by atoms with Gasteiger partial charge in [-0.05, 0) is 23.4 Å². The highest BCUT2D eigenvalue weighted by Gasteiger charge is 2.74. The Labute approximate surface area is 156 Å². The first-order valence-electron chi connectivity index (χ1n) is 7.75. The molecule has 150 valence electrons. The van der Waals surface area contributed by atoms with Gasteiger partial charge in [0.25, 0.3) is 15.8 Å². The van der Waals surface area contributed by atoms with Crippen LogP contribution < -0.4 is 15.2 Å². The number of hydrogen-bond donors (Lipinski definition) is 1. The van der Waals surface area contributed by atoms with E-state index < -0.39 is 43.3 Å². The summed E-state index contributed by atoms with van der Waals surface area (Å²) in [6, 6.07) is 8.55. The molecule has 1 N–H and O–H groups in total. The van der Waals surface area contributed by atoms with Crippen molar-refractivity contribution in [1.29, 1.82) is 0 Å². The molecule has 0 aliphatic heterocycles. The molecule has 2 aromatic carbocycles. The molecule has 0 radical (unpaired) electrons. The van der Waals surface area contributed by atoms with E-state index in [1.807, 2.05) is 0 Å². The average Bonchev–Trinajstić information content (AvgIpc) is 2.60. The predicted octanol–water partition coefficient (Wildman–Crippen LogP) is 2.62. The summed E-state index contributed by atoms with van der Waals surface area (Å²) in [6.45, 7) is 0. The Morgan fingerprint density at radius 3 is 2.25 bits per heavy atom. The van der Waals surface area contributed by atoms with Crippen molar-refractivity contribution in [2.24, 2.45) is 0 Å². The van der Waals surface area contributed by atoms with Crippen LogP contribution in [0.1, 0.15) is 5.56 Å². The zero-order chi connectivity index (χ0) is 21.0. The van der Waals surface area contributed by atoms with Gasteiger partial charge in [-0.15, -0.1) is 0 Å². The van der Waals surface area contributed by atoms with E-state index in [1.165, 1.54) is 19.2 Å². The summed E-state index contributed by atoms with van der Waals surface area (Å²) in [5, 5.41) is -1.10. The third kappa shape index (κ3) is 2.78. The first kappa shape index (κ1) is 20.3. The molecule has 28 heavy (non-hydrogen) atoms. The number of alkyl halides is 5. The van der Waals surface area contributed by atoms with Crippen molar-refractivity contribution >= 4 is 21.1 Å². The quantitative estimate of drug-likeness (QED) is 0.613. The van der Waals surface area contributed by atoms with Gasteiger partial charge in [0, 0.05) is 10.8 Å². The monoisotopic (exact) mass is 420 g/mol. The van der Waals surface area contributed by atoms with Crippen LogP contribution in [0.2, 0.25) is 0 Å². The summed E-state index contributed by atoms with van der Waals surface area (Å²) in [6.07, 6.45) is -5.67. The van der Waals surface area contributed by atoms with E-state index >= 15 is 8.78 Å². The second-order valence-electron chi connectivity index (χ2n) is 6.14. The maximum atomic E-state index is 16.0. The lowest BCUT2D eigenvalue weighted by molar-refractivity contribution is -0.238. The predicted molar refractivity (Wildman–Crippen MR) is 90.8 cm³/mol. The average molecular weight is 420 g/mol. The third-order valence-electron chi connectivity index (χ3n) is 4.51. The molecule has 0 heterocycles. The molecule has 1 aliphatic rings. The molecular weight excluding hydrogens is 407 g/mol. The fourth-order valence-corrected chi connectivity index (χ4v) is 4.36. The van der Waals surface area contributed by atoms with Crippen molar-refractivity contribution in [2.45, 2.75) is 17.5 Å². The molecule has 0 saturated heterocycles. The SMILES string of the molecule is COc1cccc(C2(F)C=c3ccccc3=C(S(=O)(=O)O)C2(F)C(F)(F)F)c1. The summed E-state index contributed by atoms with van der Waals surface area (Å²) in [4.78, 5) is -2.10. The van der Waals surface area contributed by atoms with Gasteiger partial charge >= 0.3 is 6.18 Å². The van der Waals surface area contributed by atoms with Crippen molar-refractivity contribution in [3.05, 3.63) is 64.5 Å². The van der Waals surface area contributed by atoms with Crippen LogP contribution in [0.5, 0.6) is 5.75 Å². The largest absolute Gasteiger partial charge is 0.497 e. The van der Waals surface area contributed by atoms with Crippen LogP contribution in [0, 0.1) is 0 Å². The first-order valence-corrected chi connectivity index (χ1v) is 9.19. The molecule has 0 spiro atoms. The van der Waals surface area contributed by atoms with Crippen molar-refractivity contribution in [3.8, 4) is 5.75 Å². The van der Waals surface area contributed by atoms with E-state index in [2.05, 4.69) is 0 Å². The highest BCUT2D eigenvalue weighted by molar-refractivity contribution is 7.95. The highest BCUT2D eigenvalue weighted by atomic mass is 32.2. The Morgan fingerprint density at radius 2 is 1.68 bits per heavy atom. The standard InChI is InChI=1S/C18H13F5O4S/c1-27-13-7-4-6-12(9-13)16(19)10-11-5-2-3-8-14(11)15(28(24,25)26)17(16,20)18(21,22)23/h2-10H,1H3,(H,24,25,26). The van der Waals surface area contributed by atoms with E-state index in [9.17, 15) is 26.1 Å². The molecule has 1 aliphatic carbocycles. The lowest BCUT2D eigenvalue weighted by Gasteiger charge is -2.41. The molecule has 2 unspecified atom stereocenters. The van der Waals surface area contributed by atoms with Crippen molar-refractivity contribution in [1.82, 2.24) is 0 Å². The maximum absolute atomic E-state index is 16.0. The van der Waals surface area contributed by atoms with Crippen LogP contribution in [0.4, 0.5) is 22.0 Å². The Morgan fingerprint density at radius 1 is 1.04 bits per heavy atom. The molecule has 0 fully saturated rings. The van der Waals surface area contributed by atoms with Crippen LogP contribution >= 0.6 is 0 Å². The summed E-state index contributed by atoms with van der Waals surface area (Å²) in [7, 11) is -4.62. The van der Waals surface area contributed by atoms with Gasteiger partial charge in [-0.3, -0.25) is 4.55 Å². The van der Waals surface area contributed by atoms with Gasteiger partial charge in [-0.1, -0.05) is 36.4 Å². The van der Waals surface area contributed by atoms with Gasteiger partial charge in [-0.2, -0.15) is 21.6 Å². The van der Waals surface area contributed by atoms with Gasteiger partial charge < -0.3 is 4.74 Å². The molecule has 10 heteroatoms. The summed E-state index contributed by atoms with van der Waals surface area (Å²) in [5.74, 6) is -0.0697. The Hall–Kier alpha value is -2.46. The van der Waals surface area contributed by atoms with Crippen molar-refractivity contribution < 1.29 is 39.7 Å². The third-order valence-corrected chi connectivity index (χ3v) is 5.53. The maximum Gasteiger partial charge on any atom is 0.431 e. The number of fused-ring (bicyclic) bond motifs is 1. The van der Waals surface area contributed by atoms with Gasteiger partial charge in [0.1, 0.15) is 10.7 Å². The number of benzene rings is 2. The van der Waals surface area contributed by atoms with E-state index in [0.29, 0.717) is 6.08 Å². The number of rotatable bonds is 3. The van der Waals surface area contributed by atoms with Crippen LogP contribution in [-0.2, 0) is 15.8 Å². The number of hydrogen-bond acceptors (Lipinski definition) is 3. The highest BCUT2D eigenvalue weighted by Crippen LogP contribution is 2.57. The smallest absolute Gasteiger partial charge is 0.431 e. The van der Waals surface area contributed by atoms with Crippen LogP contribution in [0.3, 0.4) is 0 Å². The summed E-state index contributed by atoms with van der Waals surface area (Å²) < 4.78 is 111. The van der Waals surface area contributed by atoms with Gasteiger partial charge in [0.05, 0.1) is 7.11 Å². The minimum atomic E-state index is -6.03. The first-order chi connectivity index (χ1) is 12.9.